The fourth-order valence-electron chi connectivity index (χ4n) is 3.12. The Kier molecular flexibility index (Phi) is 7.91. The van der Waals surface area contributed by atoms with E-state index in [-0.39, 0.29) is 25.1 Å². The third-order valence-corrected chi connectivity index (χ3v) is 4.57. The van der Waals surface area contributed by atoms with Crippen molar-refractivity contribution in [3.05, 3.63) is 35.0 Å². The van der Waals surface area contributed by atoms with Gasteiger partial charge in [-0.2, -0.15) is 9.97 Å². The van der Waals surface area contributed by atoms with Gasteiger partial charge in [0.15, 0.2) is 0 Å². The first-order valence-electron chi connectivity index (χ1n) is 10.4. The maximum absolute atomic E-state index is 11.1. The van der Waals surface area contributed by atoms with Gasteiger partial charge < -0.3 is 29.5 Å². The number of nitrogens with zero attached hydrogens (tertiary/aromatic N) is 4. The van der Waals surface area contributed by atoms with Crippen LogP contribution in [-0.4, -0.2) is 68.7 Å². The summed E-state index contributed by atoms with van der Waals surface area (Å²) in [5, 5.41) is 25.2. The minimum Gasteiger partial charge on any atom is -0.490 e. The van der Waals surface area contributed by atoms with Crippen molar-refractivity contribution >= 4 is 5.91 Å². The van der Waals surface area contributed by atoms with Gasteiger partial charge in [-0.3, -0.25) is 4.79 Å². The Hall–Kier alpha value is -3.57. The van der Waals surface area contributed by atoms with E-state index < -0.39 is 18.6 Å². The number of aliphatic hydroxyl groups excluding tert-OH is 2. The number of amides is 1. The average Bonchev–Trinajstić information content (AvgIpc) is 3.27. The molecule has 0 saturated carbocycles. The average molecular weight is 457 g/mol. The van der Waals surface area contributed by atoms with Crippen LogP contribution >= 0.6 is 0 Å². The maximum Gasteiger partial charge on any atom is 0.317 e. The van der Waals surface area contributed by atoms with Crippen molar-refractivity contribution in [1.29, 1.82) is 0 Å². The number of carbonyl (C=O) groups excluding carboxylic acids is 1. The number of carbonyl (C=O) groups is 1. The van der Waals surface area contributed by atoms with Crippen molar-refractivity contribution in [2.45, 2.75) is 33.8 Å². The molecule has 0 bridgehead atoms. The van der Waals surface area contributed by atoms with E-state index in [4.69, 9.17) is 19.1 Å². The summed E-state index contributed by atoms with van der Waals surface area (Å²) in [5.41, 5.74) is 3.56. The molecule has 1 unspecified atom stereocenters. The van der Waals surface area contributed by atoms with Gasteiger partial charge in [-0.15, -0.1) is 0 Å². The second kappa shape index (κ2) is 10.8. The standard InChI is InChI=1S/C22H27N5O6/c1-5-31-22-24-14(4)8-17(25-22)21-26-20(27-33-21)15-6-12(2)19(13(3)7-15)32-11-16(29)9-23-18(30)10-28/h6-8,16,28-29H,5,9-11H2,1-4H3,(H,23,30). The number of benzene rings is 1. The largest absolute Gasteiger partial charge is 0.490 e. The third-order valence-electron chi connectivity index (χ3n) is 4.57. The molecule has 2 heterocycles. The number of aliphatic hydroxyl groups is 2. The number of aromatic nitrogens is 4. The molecule has 1 amide bonds. The number of hydrogen-bond acceptors (Lipinski definition) is 10. The van der Waals surface area contributed by atoms with Crippen LogP contribution in [-0.2, 0) is 4.79 Å². The van der Waals surface area contributed by atoms with Gasteiger partial charge in [0.05, 0.1) is 6.61 Å². The summed E-state index contributed by atoms with van der Waals surface area (Å²) >= 11 is 0. The lowest BCUT2D eigenvalue weighted by atomic mass is 10.1. The van der Waals surface area contributed by atoms with Gasteiger partial charge in [0.1, 0.15) is 30.8 Å². The first kappa shape index (κ1) is 24.1. The highest BCUT2D eigenvalue weighted by Crippen LogP contribution is 2.30. The second-order valence-corrected chi connectivity index (χ2v) is 7.40. The monoisotopic (exact) mass is 457 g/mol. The minimum atomic E-state index is -0.920. The molecule has 11 heteroatoms. The van der Waals surface area contributed by atoms with Crippen molar-refractivity contribution in [3.8, 4) is 34.7 Å². The van der Waals surface area contributed by atoms with Crippen LogP contribution in [0.25, 0.3) is 23.0 Å². The summed E-state index contributed by atoms with van der Waals surface area (Å²) in [6.45, 7) is 7.19. The van der Waals surface area contributed by atoms with Gasteiger partial charge in [-0.25, -0.2) is 4.98 Å². The molecule has 1 aromatic carbocycles. The summed E-state index contributed by atoms with van der Waals surface area (Å²) in [7, 11) is 0. The molecular weight excluding hydrogens is 430 g/mol. The highest BCUT2D eigenvalue weighted by Gasteiger charge is 2.17. The van der Waals surface area contributed by atoms with Crippen molar-refractivity contribution in [3.63, 3.8) is 0 Å². The molecule has 2 aromatic heterocycles. The molecule has 0 fully saturated rings. The predicted octanol–water partition coefficient (Wildman–Crippen LogP) is 1.37. The van der Waals surface area contributed by atoms with Gasteiger partial charge >= 0.3 is 6.01 Å². The minimum absolute atomic E-state index is 0.0191. The summed E-state index contributed by atoms with van der Waals surface area (Å²) < 4.78 is 16.5. The first-order chi connectivity index (χ1) is 15.8. The molecule has 11 nitrogen and oxygen atoms in total. The topological polar surface area (TPSA) is 153 Å². The third kappa shape index (κ3) is 6.24. The van der Waals surface area contributed by atoms with Crippen LogP contribution in [0.3, 0.4) is 0 Å². The van der Waals surface area contributed by atoms with Crippen LogP contribution < -0.4 is 14.8 Å². The Bertz CT molecular complexity index is 1090. The van der Waals surface area contributed by atoms with Crippen molar-refractivity contribution in [2.24, 2.45) is 0 Å². The molecule has 3 aromatic rings. The highest BCUT2D eigenvalue weighted by molar-refractivity contribution is 5.76. The Morgan fingerprint density at radius 1 is 1.12 bits per heavy atom. The highest BCUT2D eigenvalue weighted by atomic mass is 16.5. The molecule has 0 saturated heterocycles. The van der Waals surface area contributed by atoms with Gasteiger partial charge in [-0.05, 0) is 57.0 Å². The molecular formula is C22H27N5O6. The van der Waals surface area contributed by atoms with E-state index in [2.05, 4.69) is 25.4 Å². The Morgan fingerprint density at radius 2 is 1.85 bits per heavy atom. The van der Waals surface area contributed by atoms with Crippen molar-refractivity contribution < 1.29 is 29.0 Å². The maximum atomic E-state index is 11.1. The van der Waals surface area contributed by atoms with E-state index in [1.165, 1.54) is 0 Å². The number of nitrogens with one attached hydrogen (secondary N) is 1. The second-order valence-electron chi connectivity index (χ2n) is 7.40. The molecule has 33 heavy (non-hydrogen) atoms. The number of hydrogen-bond donors (Lipinski definition) is 3. The lowest BCUT2D eigenvalue weighted by Gasteiger charge is -2.16. The smallest absolute Gasteiger partial charge is 0.317 e. The van der Waals surface area contributed by atoms with Gasteiger partial charge in [0.25, 0.3) is 5.89 Å². The lowest BCUT2D eigenvalue weighted by molar-refractivity contribution is -0.124. The normalized spacial score (nSPS) is 11.8. The number of ether oxygens (including phenoxy) is 2. The predicted molar refractivity (Wildman–Crippen MR) is 118 cm³/mol. The molecule has 0 aliphatic carbocycles. The zero-order valence-electron chi connectivity index (χ0n) is 19.0. The first-order valence-corrected chi connectivity index (χ1v) is 10.4. The van der Waals surface area contributed by atoms with Crippen LogP contribution in [0.4, 0.5) is 0 Å². The van der Waals surface area contributed by atoms with E-state index in [0.29, 0.717) is 23.9 Å². The Morgan fingerprint density at radius 3 is 2.52 bits per heavy atom. The van der Waals surface area contributed by atoms with E-state index in [1.54, 1.807) is 6.07 Å². The van der Waals surface area contributed by atoms with Crippen LogP contribution in [0.2, 0.25) is 0 Å². The molecule has 3 N–H and O–H groups in total. The van der Waals surface area contributed by atoms with Crippen LogP contribution in [0.15, 0.2) is 22.7 Å². The molecule has 3 rings (SSSR count). The van der Waals surface area contributed by atoms with Crippen LogP contribution in [0.1, 0.15) is 23.7 Å². The summed E-state index contributed by atoms with van der Waals surface area (Å²) in [4.78, 5) is 24.1. The Balaban J connectivity index is 1.74. The van der Waals surface area contributed by atoms with Gasteiger partial charge in [0, 0.05) is 17.8 Å². The number of rotatable bonds is 10. The molecule has 0 aliphatic rings. The fraction of sp³-hybridized carbons (Fsp3) is 0.409. The van der Waals surface area contributed by atoms with E-state index >= 15 is 0 Å². The zero-order valence-corrected chi connectivity index (χ0v) is 19.0. The van der Waals surface area contributed by atoms with Crippen molar-refractivity contribution in [1.82, 2.24) is 25.4 Å². The number of aryl methyl sites for hydroxylation is 3. The zero-order chi connectivity index (χ0) is 24.0. The van der Waals surface area contributed by atoms with E-state index in [9.17, 15) is 9.90 Å². The lowest BCUT2D eigenvalue weighted by Crippen LogP contribution is -2.36. The van der Waals surface area contributed by atoms with Crippen LogP contribution in [0, 0.1) is 20.8 Å². The van der Waals surface area contributed by atoms with E-state index in [1.807, 2.05) is 39.8 Å². The van der Waals surface area contributed by atoms with Gasteiger partial charge in [-0.1, -0.05) is 5.16 Å². The summed E-state index contributed by atoms with van der Waals surface area (Å²) in [6, 6.07) is 5.70. The van der Waals surface area contributed by atoms with Crippen molar-refractivity contribution in [2.75, 3.05) is 26.4 Å². The fourth-order valence-corrected chi connectivity index (χ4v) is 3.12. The SMILES string of the molecule is CCOc1nc(C)cc(-c2nc(-c3cc(C)c(OCC(O)CNC(=O)CO)c(C)c3)no2)n1. The van der Waals surface area contributed by atoms with Crippen LogP contribution in [0.5, 0.6) is 11.8 Å². The molecule has 1 atom stereocenters. The van der Waals surface area contributed by atoms with E-state index in [0.717, 1.165) is 22.4 Å². The molecule has 176 valence electrons. The molecule has 0 radical (unpaired) electrons. The molecule has 0 spiro atoms. The van der Waals surface area contributed by atoms with Gasteiger partial charge in [0.2, 0.25) is 11.7 Å². The quantitative estimate of drug-likeness (QED) is 0.407. The molecule has 0 aliphatic heterocycles. The summed E-state index contributed by atoms with van der Waals surface area (Å²) in [5.74, 6) is 0.697. The Labute approximate surface area is 190 Å². The summed E-state index contributed by atoms with van der Waals surface area (Å²) in [6.07, 6.45) is -0.920.